The summed E-state index contributed by atoms with van der Waals surface area (Å²) in [4.78, 5) is 12.7. The van der Waals surface area contributed by atoms with Gasteiger partial charge in [-0.05, 0) is 42.8 Å². The fourth-order valence-corrected chi connectivity index (χ4v) is 2.73. The Labute approximate surface area is 135 Å². The lowest BCUT2D eigenvalue weighted by molar-refractivity contribution is 0.233. The number of rotatable bonds is 4. The van der Waals surface area contributed by atoms with Crippen LogP contribution in [0, 0.1) is 6.92 Å². The van der Waals surface area contributed by atoms with Crippen molar-refractivity contribution in [2.75, 3.05) is 13.2 Å². The van der Waals surface area contributed by atoms with Gasteiger partial charge in [0, 0.05) is 17.5 Å². The van der Waals surface area contributed by atoms with Crippen molar-refractivity contribution in [3.63, 3.8) is 0 Å². The minimum atomic E-state index is -0.0699. The highest BCUT2D eigenvalue weighted by Crippen LogP contribution is 2.29. The second kappa shape index (κ2) is 6.10. The Morgan fingerprint density at radius 1 is 1.23 bits per heavy atom. The third kappa shape index (κ3) is 2.74. The zero-order chi connectivity index (χ0) is 15.7. The van der Waals surface area contributed by atoms with E-state index in [1.807, 2.05) is 25.1 Å². The van der Waals surface area contributed by atoms with Gasteiger partial charge in [-0.2, -0.15) is 0 Å². The van der Waals surface area contributed by atoms with E-state index < -0.39 is 0 Å². The highest BCUT2D eigenvalue weighted by molar-refractivity contribution is 9.10. The molecule has 4 nitrogen and oxygen atoms in total. The number of benzene rings is 2. The highest BCUT2D eigenvalue weighted by Gasteiger charge is 2.13. The topological polar surface area (TPSA) is 59.7 Å². The fraction of sp³-hybridized carbons (Fsp3) is 0.235. The fourth-order valence-electron chi connectivity index (χ4n) is 2.39. The number of fused-ring (bicyclic) bond motifs is 2. The van der Waals surface area contributed by atoms with Gasteiger partial charge < -0.3 is 14.3 Å². The molecule has 0 unspecified atom stereocenters. The molecule has 1 aromatic heterocycles. The molecule has 0 fully saturated rings. The van der Waals surface area contributed by atoms with E-state index in [9.17, 15) is 4.79 Å². The number of aliphatic hydroxyl groups is 1. The Kier molecular flexibility index (Phi) is 4.18. The van der Waals surface area contributed by atoms with Crippen LogP contribution >= 0.6 is 15.9 Å². The van der Waals surface area contributed by atoms with Gasteiger partial charge in [0.1, 0.15) is 5.58 Å². The van der Waals surface area contributed by atoms with Gasteiger partial charge in [-0.3, -0.25) is 4.79 Å². The standard InChI is InChI=1S/C17H15BrO4/c1-10-7-13-16(20)12-4-3-11(18)9-14(12)22-17(13)15(8-10)21-6-2-5-19/h3-4,7-9,19H,2,5-6H2,1H3. The smallest absolute Gasteiger partial charge is 0.200 e. The Balaban J connectivity index is 2.27. The van der Waals surface area contributed by atoms with Gasteiger partial charge in [0.05, 0.1) is 17.4 Å². The molecule has 1 heterocycles. The van der Waals surface area contributed by atoms with E-state index >= 15 is 0 Å². The Hall–Kier alpha value is -1.85. The third-order valence-electron chi connectivity index (χ3n) is 3.40. The molecule has 2 aromatic carbocycles. The molecule has 0 bridgehead atoms. The van der Waals surface area contributed by atoms with E-state index in [1.54, 1.807) is 12.1 Å². The van der Waals surface area contributed by atoms with Crippen molar-refractivity contribution < 1.29 is 14.3 Å². The van der Waals surface area contributed by atoms with Crippen LogP contribution in [-0.4, -0.2) is 18.3 Å². The lowest BCUT2D eigenvalue weighted by Crippen LogP contribution is -2.05. The SMILES string of the molecule is Cc1cc(OCCCO)c2oc3cc(Br)ccc3c(=O)c2c1. The molecule has 0 atom stereocenters. The summed E-state index contributed by atoms with van der Waals surface area (Å²) in [5, 5.41) is 9.92. The van der Waals surface area contributed by atoms with Crippen LogP contribution < -0.4 is 10.2 Å². The summed E-state index contributed by atoms with van der Waals surface area (Å²) in [5.74, 6) is 0.530. The Morgan fingerprint density at radius 2 is 2.05 bits per heavy atom. The maximum atomic E-state index is 12.7. The van der Waals surface area contributed by atoms with Crippen molar-refractivity contribution in [2.45, 2.75) is 13.3 Å². The average molecular weight is 363 g/mol. The largest absolute Gasteiger partial charge is 0.490 e. The minimum Gasteiger partial charge on any atom is -0.490 e. The van der Waals surface area contributed by atoms with Crippen molar-refractivity contribution in [1.29, 1.82) is 0 Å². The summed E-state index contributed by atoms with van der Waals surface area (Å²) in [6.07, 6.45) is 0.527. The van der Waals surface area contributed by atoms with E-state index in [4.69, 9.17) is 14.3 Å². The lowest BCUT2D eigenvalue weighted by atomic mass is 10.1. The predicted molar refractivity (Wildman–Crippen MR) is 89.6 cm³/mol. The summed E-state index contributed by atoms with van der Waals surface area (Å²) < 4.78 is 12.4. The van der Waals surface area contributed by atoms with Crippen LogP contribution in [0.2, 0.25) is 0 Å². The average Bonchev–Trinajstić information content (AvgIpc) is 2.48. The molecule has 114 valence electrons. The van der Waals surface area contributed by atoms with Gasteiger partial charge in [0.2, 0.25) is 5.43 Å². The van der Waals surface area contributed by atoms with Gasteiger partial charge in [-0.1, -0.05) is 15.9 Å². The molecule has 0 aliphatic heterocycles. The maximum absolute atomic E-state index is 12.7. The first-order valence-corrected chi connectivity index (χ1v) is 7.80. The Bertz CT molecular complexity index is 898. The molecule has 0 saturated heterocycles. The number of hydrogen-bond donors (Lipinski definition) is 1. The first-order valence-electron chi connectivity index (χ1n) is 7.00. The normalized spacial score (nSPS) is 11.2. The first kappa shape index (κ1) is 15.1. The molecule has 0 amide bonds. The van der Waals surface area contributed by atoms with E-state index in [2.05, 4.69) is 15.9 Å². The molecule has 0 radical (unpaired) electrons. The Morgan fingerprint density at radius 3 is 2.82 bits per heavy atom. The van der Waals surface area contributed by atoms with Crippen LogP contribution in [0.15, 0.2) is 44.0 Å². The van der Waals surface area contributed by atoms with Crippen LogP contribution in [0.4, 0.5) is 0 Å². The summed E-state index contributed by atoms with van der Waals surface area (Å²) in [7, 11) is 0. The van der Waals surface area contributed by atoms with Crippen LogP contribution in [0.25, 0.3) is 21.9 Å². The van der Waals surface area contributed by atoms with E-state index in [0.717, 1.165) is 10.0 Å². The van der Waals surface area contributed by atoms with Gasteiger partial charge in [-0.15, -0.1) is 0 Å². The second-order valence-corrected chi connectivity index (χ2v) is 6.05. The molecule has 0 saturated carbocycles. The third-order valence-corrected chi connectivity index (χ3v) is 3.90. The molecule has 3 aromatic rings. The van der Waals surface area contributed by atoms with E-state index in [0.29, 0.717) is 40.7 Å². The van der Waals surface area contributed by atoms with Crippen LogP contribution in [0.1, 0.15) is 12.0 Å². The van der Waals surface area contributed by atoms with Crippen LogP contribution in [0.5, 0.6) is 5.75 Å². The number of hydrogen-bond acceptors (Lipinski definition) is 4. The summed E-state index contributed by atoms with van der Waals surface area (Å²) in [5.41, 5.74) is 1.82. The zero-order valence-electron chi connectivity index (χ0n) is 12.1. The van der Waals surface area contributed by atoms with Crippen molar-refractivity contribution in [3.8, 4) is 5.75 Å². The van der Waals surface area contributed by atoms with Gasteiger partial charge in [0.25, 0.3) is 0 Å². The van der Waals surface area contributed by atoms with Crippen molar-refractivity contribution in [1.82, 2.24) is 0 Å². The van der Waals surface area contributed by atoms with E-state index in [1.165, 1.54) is 0 Å². The molecule has 0 aliphatic carbocycles. The lowest BCUT2D eigenvalue weighted by Gasteiger charge is -2.10. The van der Waals surface area contributed by atoms with Crippen molar-refractivity contribution >= 4 is 37.9 Å². The molecule has 22 heavy (non-hydrogen) atoms. The van der Waals surface area contributed by atoms with Gasteiger partial charge >= 0.3 is 0 Å². The molecule has 5 heteroatoms. The molecular formula is C17H15BrO4. The van der Waals surface area contributed by atoms with Gasteiger partial charge in [0.15, 0.2) is 11.3 Å². The molecule has 0 aliphatic rings. The summed E-state index contributed by atoms with van der Waals surface area (Å²) in [6.45, 7) is 2.34. The quantitative estimate of drug-likeness (QED) is 0.566. The summed E-state index contributed by atoms with van der Waals surface area (Å²) in [6, 6.07) is 8.99. The number of ether oxygens (including phenoxy) is 1. The molecule has 0 spiro atoms. The maximum Gasteiger partial charge on any atom is 0.200 e. The number of aliphatic hydroxyl groups excluding tert-OH is 1. The highest BCUT2D eigenvalue weighted by atomic mass is 79.9. The number of halogens is 1. The molecular weight excluding hydrogens is 348 g/mol. The second-order valence-electron chi connectivity index (χ2n) is 5.14. The molecule has 1 N–H and O–H groups in total. The first-order chi connectivity index (χ1) is 10.6. The minimum absolute atomic E-state index is 0.0591. The van der Waals surface area contributed by atoms with Gasteiger partial charge in [-0.25, -0.2) is 0 Å². The zero-order valence-corrected chi connectivity index (χ0v) is 13.6. The van der Waals surface area contributed by atoms with Crippen LogP contribution in [-0.2, 0) is 0 Å². The predicted octanol–water partition coefficient (Wildman–Crippen LogP) is 3.78. The number of aryl methyl sites for hydroxylation is 1. The van der Waals surface area contributed by atoms with Crippen molar-refractivity contribution in [2.24, 2.45) is 0 Å². The van der Waals surface area contributed by atoms with Crippen LogP contribution in [0.3, 0.4) is 0 Å². The van der Waals surface area contributed by atoms with E-state index in [-0.39, 0.29) is 12.0 Å². The van der Waals surface area contributed by atoms with Crippen molar-refractivity contribution in [3.05, 3.63) is 50.6 Å². The molecule has 3 rings (SSSR count). The monoisotopic (exact) mass is 362 g/mol. The summed E-state index contributed by atoms with van der Waals surface area (Å²) >= 11 is 3.38.